The van der Waals surface area contributed by atoms with Crippen LogP contribution in [0.4, 0.5) is 10.5 Å². The lowest BCUT2D eigenvalue weighted by Crippen LogP contribution is -2.41. The second-order valence-electron chi connectivity index (χ2n) is 9.21. The number of aromatic nitrogens is 1. The van der Waals surface area contributed by atoms with Crippen LogP contribution in [-0.2, 0) is 0 Å². The minimum absolute atomic E-state index is 0.240. The average Bonchev–Trinajstić information content (AvgIpc) is 3.14. The smallest absolute Gasteiger partial charge is 0.321 e. The molecule has 33 heavy (non-hydrogen) atoms. The molecule has 2 N–H and O–H groups in total. The number of hydrogen-bond acceptors (Lipinski definition) is 2. The monoisotopic (exact) mass is 443 g/mol. The van der Waals surface area contributed by atoms with Crippen molar-refractivity contribution < 1.29 is 9.90 Å². The lowest BCUT2D eigenvalue weighted by atomic mass is 10.0. The van der Waals surface area contributed by atoms with Gasteiger partial charge in [-0.05, 0) is 63.4 Å². The summed E-state index contributed by atoms with van der Waals surface area (Å²) in [7, 11) is 1.72. The lowest BCUT2D eigenvalue weighted by Gasteiger charge is -2.30. The molecule has 2 amide bonds. The molecule has 0 unspecified atom stereocenters. The van der Waals surface area contributed by atoms with Gasteiger partial charge in [0.1, 0.15) is 0 Å². The summed E-state index contributed by atoms with van der Waals surface area (Å²) in [4.78, 5) is 14.8. The number of hydrogen-bond donors (Lipinski definition) is 2. The molecule has 0 spiro atoms. The third-order valence-corrected chi connectivity index (χ3v) is 6.72. The van der Waals surface area contributed by atoms with Crippen LogP contribution in [0.1, 0.15) is 49.6 Å². The van der Waals surface area contributed by atoms with Crippen LogP contribution >= 0.6 is 0 Å². The van der Waals surface area contributed by atoms with E-state index in [9.17, 15) is 9.90 Å². The molecular formula is C28H33N3O2. The minimum Gasteiger partial charge on any atom is -0.386 e. The number of likely N-dealkylation sites (N-methyl/N-ethyl adjacent to an activating group) is 1. The van der Waals surface area contributed by atoms with Gasteiger partial charge in [0.25, 0.3) is 0 Å². The highest BCUT2D eigenvalue weighted by molar-refractivity contribution is 6.12. The summed E-state index contributed by atoms with van der Waals surface area (Å²) in [5, 5.41) is 16.3. The molecule has 1 aromatic heterocycles. The summed E-state index contributed by atoms with van der Waals surface area (Å²) in [6.45, 7) is 10.4. The van der Waals surface area contributed by atoms with Gasteiger partial charge < -0.3 is 19.9 Å². The lowest BCUT2D eigenvalue weighted by molar-refractivity contribution is 0.0894. The van der Waals surface area contributed by atoms with Crippen LogP contribution in [0, 0.1) is 13.8 Å². The van der Waals surface area contributed by atoms with E-state index in [1.807, 2.05) is 44.2 Å². The van der Waals surface area contributed by atoms with Crippen LogP contribution in [-0.4, -0.2) is 33.7 Å². The van der Waals surface area contributed by atoms with Crippen molar-refractivity contribution in [1.82, 2.24) is 9.47 Å². The number of nitrogens with one attached hydrogen (secondary N) is 1. The molecular weight excluding hydrogens is 410 g/mol. The number of carbonyl (C=O) groups excluding carboxylic acids is 1. The Labute approximate surface area is 195 Å². The molecule has 0 aliphatic rings. The average molecular weight is 444 g/mol. The predicted molar refractivity (Wildman–Crippen MR) is 137 cm³/mol. The van der Waals surface area contributed by atoms with Crippen molar-refractivity contribution in [3.8, 4) is 0 Å². The molecule has 2 atom stereocenters. The summed E-state index contributed by atoms with van der Waals surface area (Å²) >= 11 is 0. The fraction of sp³-hybridized carbons (Fsp3) is 0.321. The number of anilines is 1. The van der Waals surface area contributed by atoms with Crippen molar-refractivity contribution >= 4 is 33.5 Å². The van der Waals surface area contributed by atoms with Crippen LogP contribution in [0.5, 0.6) is 0 Å². The Hall–Kier alpha value is -3.31. The number of aliphatic hydroxyl groups is 1. The molecule has 0 bridgehead atoms. The highest BCUT2D eigenvalue weighted by Crippen LogP contribution is 2.38. The van der Waals surface area contributed by atoms with Gasteiger partial charge in [-0.3, -0.25) is 0 Å². The number of nitrogens with zero attached hydrogens (tertiary/aromatic N) is 2. The fourth-order valence-corrected chi connectivity index (χ4v) is 4.79. The number of rotatable bonds is 5. The molecule has 0 aliphatic heterocycles. The van der Waals surface area contributed by atoms with Crippen LogP contribution in [0.3, 0.4) is 0 Å². The zero-order chi connectivity index (χ0) is 23.9. The summed E-state index contributed by atoms with van der Waals surface area (Å²) in [6.07, 6.45) is -0.768. The van der Waals surface area contributed by atoms with Crippen LogP contribution in [0.15, 0.2) is 60.7 Å². The van der Waals surface area contributed by atoms with Crippen molar-refractivity contribution in [2.45, 2.75) is 52.8 Å². The molecule has 0 aliphatic carbocycles. The van der Waals surface area contributed by atoms with Gasteiger partial charge in [-0.15, -0.1) is 0 Å². The van der Waals surface area contributed by atoms with Crippen molar-refractivity contribution in [2.24, 2.45) is 0 Å². The van der Waals surface area contributed by atoms with Crippen molar-refractivity contribution in [3.63, 3.8) is 0 Å². The zero-order valence-electron chi connectivity index (χ0n) is 20.3. The Balaban J connectivity index is 1.70. The number of amides is 2. The number of aliphatic hydroxyl groups excluding tert-OH is 1. The number of carbonyl (C=O) groups is 1. The first-order valence-corrected chi connectivity index (χ1v) is 11.5. The highest BCUT2D eigenvalue weighted by atomic mass is 16.3. The van der Waals surface area contributed by atoms with E-state index >= 15 is 0 Å². The van der Waals surface area contributed by atoms with E-state index in [2.05, 4.69) is 61.0 Å². The minimum atomic E-state index is -0.768. The van der Waals surface area contributed by atoms with Gasteiger partial charge in [-0.2, -0.15) is 0 Å². The van der Waals surface area contributed by atoms with Gasteiger partial charge in [-0.25, -0.2) is 4.79 Å². The largest absolute Gasteiger partial charge is 0.386 e. The van der Waals surface area contributed by atoms with E-state index in [0.29, 0.717) is 6.04 Å². The summed E-state index contributed by atoms with van der Waals surface area (Å²) < 4.78 is 2.36. The first-order valence-electron chi connectivity index (χ1n) is 11.5. The molecule has 5 heteroatoms. The molecule has 1 heterocycles. The Morgan fingerprint density at radius 2 is 1.61 bits per heavy atom. The topological polar surface area (TPSA) is 57.5 Å². The molecule has 0 saturated heterocycles. The van der Waals surface area contributed by atoms with Crippen molar-refractivity contribution in [3.05, 3.63) is 77.4 Å². The quantitative estimate of drug-likeness (QED) is 0.366. The summed E-state index contributed by atoms with van der Waals surface area (Å²) in [5.74, 6) is 0. The molecule has 172 valence electrons. The van der Waals surface area contributed by atoms with Gasteiger partial charge >= 0.3 is 6.03 Å². The molecule has 0 fully saturated rings. The standard InChI is InChI=1S/C28H33N3O2/c1-17(2)31-23-15-11-10-14-22(23)25-19(4)26(18(3)16-24(25)31)29-28(33)30(6)20(5)27(32)21-12-8-7-9-13-21/h7-17,20,27,32H,1-6H3,(H,29,33)/t20-,27+/m0/s1. The van der Waals surface area contributed by atoms with Crippen LogP contribution < -0.4 is 5.32 Å². The SMILES string of the molecule is Cc1cc2c(c(C)c1NC(=O)N(C)[C@@H](C)[C@@H](O)c1ccccc1)c1ccccc1n2C(C)C. The van der Waals surface area contributed by atoms with Gasteiger partial charge in [0.15, 0.2) is 0 Å². The van der Waals surface area contributed by atoms with Gasteiger partial charge in [0.2, 0.25) is 0 Å². The van der Waals surface area contributed by atoms with Gasteiger partial charge in [-0.1, -0.05) is 48.5 Å². The first kappa shape index (κ1) is 22.9. The van der Waals surface area contributed by atoms with Gasteiger partial charge in [0.05, 0.1) is 17.7 Å². The van der Waals surface area contributed by atoms with E-state index < -0.39 is 6.10 Å². The Morgan fingerprint density at radius 3 is 2.27 bits per heavy atom. The number of urea groups is 1. The van der Waals surface area contributed by atoms with E-state index in [4.69, 9.17) is 0 Å². The molecule has 0 saturated carbocycles. The third kappa shape index (κ3) is 3.98. The van der Waals surface area contributed by atoms with Crippen LogP contribution in [0.2, 0.25) is 0 Å². The second-order valence-corrected chi connectivity index (χ2v) is 9.21. The van der Waals surface area contributed by atoms with Crippen molar-refractivity contribution in [1.29, 1.82) is 0 Å². The molecule has 4 rings (SSSR count). The number of aryl methyl sites for hydroxylation is 2. The van der Waals surface area contributed by atoms with E-state index in [1.54, 1.807) is 11.9 Å². The molecule has 3 aromatic carbocycles. The molecule has 4 aromatic rings. The first-order chi connectivity index (χ1) is 15.7. The normalized spacial score (nSPS) is 13.5. The number of benzene rings is 3. The maximum atomic E-state index is 13.2. The van der Waals surface area contributed by atoms with Crippen molar-refractivity contribution in [2.75, 3.05) is 12.4 Å². The van der Waals surface area contributed by atoms with E-state index in [0.717, 1.165) is 22.4 Å². The van der Waals surface area contributed by atoms with Gasteiger partial charge in [0, 0.05) is 35.1 Å². The number of para-hydroxylation sites is 1. The fourth-order valence-electron chi connectivity index (χ4n) is 4.79. The summed E-state index contributed by atoms with van der Waals surface area (Å²) in [6, 6.07) is 19.7. The zero-order valence-corrected chi connectivity index (χ0v) is 20.3. The molecule has 0 radical (unpaired) electrons. The van der Waals surface area contributed by atoms with E-state index in [-0.39, 0.29) is 12.1 Å². The maximum absolute atomic E-state index is 13.2. The highest BCUT2D eigenvalue weighted by Gasteiger charge is 2.25. The Morgan fingerprint density at radius 1 is 0.970 bits per heavy atom. The van der Waals surface area contributed by atoms with E-state index in [1.165, 1.54) is 21.8 Å². The number of fused-ring (bicyclic) bond motifs is 3. The Bertz CT molecular complexity index is 1310. The maximum Gasteiger partial charge on any atom is 0.321 e. The molecule has 5 nitrogen and oxygen atoms in total. The third-order valence-electron chi connectivity index (χ3n) is 6.72. The van der Waals surface area contributed by atoms with Crippen LogP contribution in [0.25, 0.3) is 21.8 Å². The second kappa shape index (κ2) is 8.91. The predicted octanol–water partition coefficient (Wildman–Crippen LogP) is 6.58. The Kier molecular flexibility index (Phi) is 6.17. The summed E-state index contributed by atoms with van der Waals surface area (Å²) in [5.41, 5.74) is 6.07.